The van der Waals surface area contributed by atoms with Crippen molar-refractivity contribution in [2.75, 3.05) is 0 Å². The van der Waals surface area contributed by atoms with E-state index in [1.54, 1.807) is 12.4 Å². The highest BCUT2D eigenvalue weighted by Crippen LogP contribution is 2.40. The fourth-order valence-corrected chi connectivity index (χ4v) is 8.70. The van der Waals surface area contributed by atoms with Gasteiger partial charge in [0.05, 0.1) is 55.9 Å². The zero-order valence-electron chi connectivity index (χ0n) is 33.3. The molecule has 0 fully saturated rings. The molecular formula is C56H34N6. The first kappa shape index (κ1) is 35.5. The third kappa shape index (κ3) is 6.13. The number of hydrogen-bond donors (Lipinski definition) is 0. The largest absolute Gasteiger partial charge is 0.252 e. The average Bonchev–Trinajstić information content (AvgIpc) is 3.36. The second-order valence-corrected chi connectivity index (χ2v) is 15.5. The van der Waals surface area contributed by atoms with Crippen LogP contribution < -0.4 is 0 Å². The van der Waals surface area contributed by atoms with Gasteiger partial charge in [0.15, 0.2) is 0 Å². The zero-order valence-corrected chi connectivity index (χ0v) is 33.3. The average molecular weight is 791 g/mol. The molecule has 0 aliphatic carbocycles. The monoisotopic (exact) mass is 790 g/mol. The summed E-state index contributed by atoms with van der Waals surface area (Å²) in [7, 11) is 0. The molecule has 0 unspecified atom stereocenters. The van der Waals surface area contributed by atoms with Gasteiger partial charge in [-0.3, -0.25) is 9.97 Å². The Morgan fingerprint density at radius 3 is 0.887 bits per heavy atom. The summed E-state index contributed by atoms with van der Waals surface area (Å²) in [6.45, 7) is 0. The summed E-state index contributed by atoms with van der Waals surface area (Å²) in [6.07, 6.45) is 3.55. The van der Waals surface area contributed by atoms with Crippen LogP contribution in [0, 0.1) is 0 Å². The van der Waals surface area contributed by atoms with Gasteiger partial charge in [-0.1, -0.05) is 158 Å². The number of hydrogen-bond acceptors (Lipinski definition) is 6. The van der Waals surface area contributed by atoms with E-state index >= 15 is 0 Å². The third-order valence-corrected chi connectivity index (χ3v) is 11.7. The number of aromatic nitrogens is 6. The SMILES string of the molecule is c1ccc(-c2nc3ccc(-c4ccc5c(c4)c4cc(-c6ccc7nc(-c8ccccc8)c(-c8ccccc8)nc7c6)ccc4c4nccnc54)cc3nc2-c2ccccc2)cc1. The van der Waals surface area contributed by atoms with Crippen molar-refractivity contribution in [3.63, 3.8) is 0 Å². The van der Waals surface area contributed by atoms with E-state index in [0.29, 0.717) is 0 Å². The molecule has 3 aromatic heterocycles. The van der Waals surface area contributed by atoms with E-state index in [4.69, 9.17) is 29.9 Å². The summed E-state index contributed by atoms with van der Waals surface area (Å²) < 4.78 is 0. The fraction of sp³-hybridized carbons (Fsp3) is 0. The van der Waals surface area contributed by atoms with E-state index in [1.165, 1.54) is 0 Å². The smallest absolute Gasteiger partial charge is 0.0973 e. The van der Waals surface area contributed by atoms with Crippen molar-refractivity contribution in [2.45, 2.75) is 0 Å². The predicted molar refractivity (Wildman–Crippen MR) is 253 cm³/mol. The number of rotatable bonds is 6. The molecule has 62 heavy (non-hydrogen) atoms. The second kappa shape index (κ2) is 14.7. The molecule has 9 aromatic carbocycles. The van der Waals surface area contributed by atoms with Crippen molar-refractivity contribution < 1.29 is 0 Å². The highest BCUT2D eigenvalue weighted by Gasteiger charge is 2.18. The summed E-state index contributed by atoms with van der Waals surface area (Å²) in [5, 5.41) is 4.29. The minimum Gasteiger partial charge on any atom is -0.252 e. The molecule has 0 bridgehead atoms. The number of nitrogens with zero attached hydrogens (tertiary/aromatic N) is 6. The van der Waals surface area contributed by atoms with Gasteiger partial charge in [0.1, 0.15) is 0 Å². The van der Waals surface area contributed by atoms with Crippen LogP contribution in [-0.2, 0) is 0 Å². The summed E-state index contributed by atoms with van der Waals surface area (Å²) in [6, 6.07) is 67.2. The van der Waals surface area contributed by atoms with E-state index in [2.05, 4.69) is 121 Å². The first-order valence-corrected chi connectivity index (χ1v) is 20.7. The molecule has 288 valence electrons. The van der Waals surface area contributed by atoms with Crippen LogP contribution in [0.1, 0.15) is 0 Å². The van der Waals surface area contributed by atoms with Gasteiger partial charge in [0, 0.05) is 45.4 Å². The van der Waals surface area contributed by atoms with E-state index in [1.807, 2.05) is 72.8 Å². The van der Waals surface area contributed by atoms with Gasteiger partial charge in [0.2, 0.25) is 0 Å². The molecule has 0 aliphatic rings. The quantitative estimate of drug-likeness (QED) is 0.156. The highest BCUT2D eigenvalue weighted by molar-refractivity contribution is 6.24. The third-order valence-electron chi connectivity index (χ3n) is 11.7. The molecule has 6 heteroatoms. The van der Waals surface area contributed by atoms with Gasteiger partial charge >= 0.3 is 0 Å². The van der Waals surface area contributed by atoms with Crippen LogP contribution in [0.25, 0.3) is 122 Å². The maximum Gasteiger partial charge on any atom is 0.0973 e. The van der Waals surface area contributed by atoms with Crippen molar-refractivity contribution in [1.82, 2.24) is 29.9 Å². The summed E-state index contributed by atoms with van der Waals surface area (Å²) in [5.74, 6) is 0. The van der Waals surface area contributed by atoms with Gasteiger partial charge in [-0.15, -0.1) is 0 Å². The summed E-state index contributed by atoms with van der Waals surface area (Å²) in [5.41, 5.74) is 17.0. The molecule has 12 aromatic rings. The van der Waals surface area contributed by atoms with Crippen LogP contribution in [0.5, 0.6) is 0 Å². The van der Waals surface area contributed by atoms with Crippen molar-refractivity contribution in [3.05, 3.63) is 207 Å². The Kier molecular flexibility index (Phi) is 8.38. The zero-order chi connectivity index (χ0) is 41.0. The van der Waals surface area contributed by atoms with Crippen LogP contribution in [0.4, 0.5) is 0 Å². The Hall–Kier alpha value is -8.48. The van der Waals surface area contributed by atoms with E-state index in [-0.39, 0.29) is 0 Å². The first-order chi connectivity index (χ1) is 30.7. The van der Waals surface area contributed by atoms with Gasteiger partial charge in [0.25, 0.3) is 0 Å². The molecule has 0 radical (unpaired) electrons. The number of fused-ring (bicyclic) bond motifs is 8. The summed E-state index contributed by atoms with van der Waals surface area (Å²) in [4.78, 5) is 30.7. The standard InChI is InChI=1S/C56H34N6/c1-5-13-35(14-6-1)51-53(37-17-9-3-10-18-37)61-49-33-41(23-27-47(49)59-51)39-21-25-43-45(31-39)46-32-40(22-26-44(46)56-55(43)57-29-30-58-56)42-24-28-48-50(34-42)62-54(38-19-11-4-12-20-38)52(60-48)36-15-7-2-8-16-36/h1-34H. The molecular weight excluding hydrogens is 757 g/mol. The molecule has 12 rings (SSSR count). The van der Waals surface area contributed by atoms with Crippen LogP contribution >= 0.6 is 0 Å². The van der Waals surface area contributed by atoms with Gasteiger partial charge in [-0.05, 0) is 69.4 Å². The fourth-order valence-electron chi connectivity index (χ4n) is 8.70. The van der Waals surface area contributed by atoms with E-state index in [9.17, 15) is 0 Å². The van der Waals surface area contributed by atoms with Crippen LogP contribution in [-0.4, -0.2) is 29.9 Å². The lowest BCUT2D eigenvalue weighted by atomic mass is 9.93. The Morgan fingerprint density at radius 1 is 0.226 bits per heavy atom. The van der Waals surface area contributed by atoms with Crippen molar-refractivity contribution in [2.24, 2.45) is 0 Å². The van der Waals surface area contributed by atoms with Gasteiger partial charge in [-0.25, -0.2) is 19.9 Å². The lowest BCUT2D eigenvalue weighted by molar-refractivity contribution is 1.29. The first-order valence-electron chi connectivity index (χ1n) is 20.7. The van der Waals surface area contributed by atoms with Crippen molar-refractivity contribution in [1.29, 1.82) is 0 Å². The lowest BCUT2D eigenvalue weighted by Crippen LogP contribution is -1.96. The molecule has 0 aliphatic heterocycles. The Labute approximate surface area is 357 Å². The van der Waals surface area contributed by atoms with Crippen molar-refractivity contribution >= 4 is 54.6 Å². The Bertz CT molecular complexity index is 3430. The molecule has 0 saturated carbocycles. The molecule has 0 amide bonds. The normalized spacial score (nSPS) is 11.5. The van der Waals surface area contributed by atoms with Crippen LogP contribution in [0.3, 0.4) is 0 Å². The van der Waals surface area contributed by atoms with Crippen LogP contribution in [0.2, 0.25) is 0 Å². The molecule has 6 nitrogen and oxygen atoms in total. The van der Waals surface area contributed by atoms with Crippen molar-refractivity contribution in [3.8, 4) is 67.3 Å². The lowest BCUT2D eigenvalue weighted by Gasteiger charge is -2.14. The minimum absolute atomic E-state index is 0.836. The molecule has 0 atom stereocenters. The Balaban J connectivity index is 1.01. The van der Waals surface area contributed by atoms with E-state index < -0.39 is 0 Å². The minimum atomic E-state index is 0.836. The topological polar surface area (TPSA) is 77.3 Å². The highest BCUT2D eigenvalue weighted by atomic mass is 14.8. The maximum absolute atomic E-state index is 5.28. The number of benzene rings is 9. The van der Waals surface area contributed by atoms with Gasteiger partial charge < -0.3 is 0 Å². The van der Waals surface area contributed by atoms with Gasteiger partial charge in [-0.2, -0.15) is 0 Å². The van der Waals surface area contributed by atoms with Crippen LogP contribution in [0.15, 0.2) is 207 Å². The Morgan fingerprint density at radius 2 is 0.532 bits per heavy atom. The van der Waals surface area contributed by atoms with E-state index in [0.717, 1.165) is 122 Å². The predicted octanol–water partition coefficient (Wildman–Crippen LogP) is 13.8. The molecule has 0 spiro atoms. The molecule has 0 N–H and O–H groups in total. The molecule has 0 saturated heterocycles. The second-order valence-electron chi connectivity index (χ2n) is 15.5. The molecule has 3 heterocycles. The maximum atomic E-state index is 5.28. The summed E-state index contributed by atoms with van der Waals surface area (Å²) >= 11 is 0.